The fourth-order valence-corrected chi connectivity index (χ4v) is 1.47. The number of hydrogen-bond acceptors (Lipinski definition) is 3. The molecule has 1 rings (SSSR count). The fraction of sp³-hybridized carbons (Fsp3) is 0.375. The number of hydrogen-bond donors (Lipinski definition) is 1. The van der Waals surface area contributed by atoms with Crippen LogP contribution in [0.25, 0.3) is 0 Å². The molecule has 0 saturated heterocycles. The molecule has 0 fully saturated rings. The molecule has 0 radical (unpaired) electrons. The first kappa shape index (κ1) is 15.3. The van der Waals surface area contributed by atoms with Crippen molar-refractivity contribution in [2.75, 3.05) is 13.2 Å². The van der Waals surface area contributed by atoms with Crippen molar-refractivity contribution >= 4 is 0 Å². The van der Waals surface area contributed by atoms with E-state index in [4.69, 9.17) is 9.47 Å². The first-order chi connectivity index (χ1) is 9.27. The number of ether oxygens (including phenoxy) is 2. The highest BCUT2D eigenvalue weighted by molar-refractivity contribution is 5.13. The Bertz CT molecular complexity index is 417. The van der Waals surface area contributed by atoms with E-state index in [9.17, 15) is 5.11 Å². The van der Waals surface area contributed by atoms with Crippen LogP contribution in [0.15, 0.2) is 43.0 Å². The molecule has 1 aromatic carbocycles. The summed E-state index contributed by atoms with van der Waals surface area (Å²) >= 11 is 0. The number of benzene rings is 1. The highest BCUT2D eigenvalue weighted by atomic mass is 16.5. The van der Waals surface area contributed by atoms with Crippen LogP contribution in [0.3, 0.4) is 0 Å². The van der Waals surface area contributed by atoms with Crippen molar-refractivity contribution in [2.24, 2.45) is 5.92 Å². The zero-order valence-corrected chi connectivity index (χ0v) is 11.2. The van der Waals surface area contributed by atoms with E-state index in [0.717, 1.165) is 5.56 Å². The highest BCUT2D eigenvalue weighted by Crippen LogP contribution is 2.07. The van der Waals surface area contributed by atoms with Crippen LogP contribution in [0.4, 0.5) is 0 Å². The minimum atomic E-state index is -0.700. The third-order valence-electron chi connectivity index (χ3n) is 2.51. The van der Waals surface area contributed by atoms with Gasteiger partial charge in [0.1, 0.15) is 6.11 Å². The monoisotopic (exact) mass is 260 g/mol. The van der Waals surface area contributed by atoms with E-state index >= 15 is 0 Å². The molecule has 1 aromatic rings. The standard InChI is InChI=1S/C16H20O3/c1-3-15(10-11-18-4-2)16(17)13-19-12-14-8-6-5-7-9-14/h3,5-9,15-17H,1,4,12-13H2,2H3. The van der Waals surface area contributed by atoms with Crippen LogP contribution in [0.1, 0.15) is 12.5 Å². The zero-order chi connectivity index (χ0) is 13.9. The van der Waals surface area contributed by atoms with Crippen molar-refractivity contribution in [2.45, 2.75) is 19.6 Å². The van der Waals surface area contributed by atoms with E-state index in [0.29, 0.717) is 13.2 Å². The van der Waals surface area contributed by atoms with Crippen LogP contribution < -0.4 is 0 Å². The quantitative estimate of drug-likeness (QED) is 0.604. The molecule has 0 aromatic heterocycles. The Morgan fingerprint density at radius 3 is 2.74 bits per heavy atom. The lowest BCUT2D eigenvalue weighted by molar-refractivity contribution is 0.0181. The number of aliphatic hydroxyl groups is 1. The van der Waals surface area contributed by atoms with Crippen LogP contribution in [-0.4, -0.2) is 24.4 Å². The van der Waals surface area contributed by atoms with E-state index in [-0.39, 0.29) is 12.5 Å². The molecule has 3 heteroatoms. The van der Waals surface area contributed by atoms with Gasteiger partial charge < -0.3 is 14.6 Å². The second kappa shape index (κ2) is 9.21. The largest absolute Gasteiger partial charge is 0.447 e. The molecule has 0 aliphatic rings. The summed E-state index contributed by atoms with van der Waals surface area (Å²) in [6, 6.07) is 9.82. The molecule has 2 atom stereocenters. The smallest absolute Gasteiger partial charge is 0.110 e. The molecule has 2 unspecified atom stereocenters. The molecule has 0 bridgehead atoms. The van der Waals surface area contributed by atoms with Crippen LogP contribution in [0.5, 0.6) is 0 Å². The van der Waals surface area contributed by atoms with E-state index in [1.807, 2.05) is 37.3 Å². The second-order valence-electron chi connectivity index (χ2n) is 4.01. The summed E-state index contributed by atoms with van der Waals surface area (Å²) in [7, 11) is 0. The summed E-state index contributed by atoms with van der Waals surface area (Å²) in [5.41, 5.74) is 1.07. The number of aliphatic hydroxyl groups excluding tert-OH is 1. The van der Waals surface area contributed by atoms with E-state index in [1.54, 1.807) is 6.08 Å². The van der Waals surface area contributed by atoms with Crippen LogP contribution in [0, 0.1) is 17.9 Å². The molecule has 0 heterocycles. The summed E-state index contributed by atoms with van der Waals surface area (Å²) in [5, 5.41) is 9.93. The second-order valence-corrected chi connectivity index (χ2v) is 4.01. The van der Waals surface area contributed by atoms with Crippen LogP contribution in [0.2, 0.25) is 0 Å². The molecule has 1 N–H and O–H groups in total. The molecular formula is C16H20O3. The highest BCUT2D eigenvalue weighted by Gasteiger charge is 2.13. The maximum absolute atomic E-state index is 9.93. The molecular weight excluding hydrogens is 240 g/mol. The predicted octanol–water partition coefficient (Wildman–Crippen LogP) is 2.36. The van der Waals surface area contributed by atoms with Gasteiger partial charge in [-0.3, -0.25) is 0 Å². The average Bonchev–Trinajstić information content (AvgIpc) is 2.44. The lowest BCUT2D eigenvalue weighted by Gasteiger charge is -2.14. The zero-order valence-electron chi connectivity index (χ0n) is 11.2. The number of rotatable bonds is 7. The Labute approximate surface area is 114 Å². The van der Waals surface area contributed by atoms with Crippen molar-refractivity contribution < 1.29 is 14.6 Å². The van der Waals surface area contributed by atoms with Crippen LogP contribution >= 0.6 is 0 Å². The van der Waals surface area contributed by atoms with E-state index < -0.39 is 6.10 Å². The molecule has 0 saturated carbocycles. The van der Waals surface area contributed by atoms with E-state index in [2.05, 4.69) is 18.6 Å². The Hall–Kier alpha value is -1.76. The summed E-state index contributed by atoms with van der Waals surface area (Å²) in [4.78, 5) is 0. The SMILES string of the molecule is C=CC(C#COCC)C(O)COCc1ccccc1. The maximum atomic E-state index is 9.93. The molecule has 19 heavy (non-hydrogen) atoms. The fourth-order valence-electron chi connectivity index (χ4n) is 1.47. The van der Waals surface area contributed by atoms with Gasteiger partial charge >= 0.3 is 0 Å². The first-order valence-electron chi connectivity index (χ1n) is 6.32. The van der Waals surface area contributed by atoms with Crippen molar-refractivity contribution in [3.8, 4) is 12.0 Å². The maximum Gasteiger partial charge on any atom is 0.110 e. The summed E-state index contributed by atoms with van der Waals surface area (Å²) < 4.78 is 10.4. The molecule has 0 aliphatic heterocycles. The topological polar surface area (TPSA) is 38.7 Å². The molecule has 0 spiro atoms. The van der Waals surface area contributed by atoms with Gasteiger partial charge in [0.25, 0.3) is 0 Å². The van der Waals surface area contributed by atoms with E-state index in [1.165, 1.54) is 0 Å². The van der Waals surface area contributed by atoms with Gasteiger partial charge in [0.15, 0.2) is 0 Å². The molecule has 0 aliphatic carbocycles. The Morgan fingerprint density at radius 1 is 1.37 bits per heavy atom. The van der Waals surface area contributed by atoms with Crippen molar-refractivity contribution in [1.29, 1.82) is 0 Å². The Kier molecular flexibility index (Phi) is 7.41. The summed E-state index contributed by atoms with van der Waals surface area (Å²) in [5.74, 6) is 2.45. The van der Waals surface area contributed by atoms with Gasteiger partial charge in [-0.15, -0.1) is 6.58 Å². The van der Waals surface area contributed by atoms with Gasteiger partial charge in [0.05, 0.1) is 31.8 Å². The van der Waals surface area contributed by atoms with Crippen molar-refractivity contribution in [3.05, 3.63) is 48.6 Å². The average molecular weight is 260 g/mol. The third-order valence-corrected chi connectivity index (χ3v) is 2.51. The van der Waals surface area contributed by atoms with Gasteiger partial charge in [0.2, 0.25) is 0 Å². The molecule has 0 amide bonds. The molecule has 102 valence electrons. The lowest BCUT2D eigenvalue weighted by Crippen LogP contribution is -2.23. The first-order valence-corrected chi connectivity index (χ1v) is 6.32. The lowest BCUT2D eigenvalue weighted by atomic mass is 10.0. The van der Waals surface area contributed by atoms with Crippen molar-refractivity contribution in [3.63, 3.8) is 0 Å². The van der Waals surface area contributed by atoms with Gasteiger partial charge in [-0.05, 0) is 18.4 Å². The molecule has 3 nitrogen and oxygen atoms in total. The normalized spacial score (nSPS) is 12.9. The van der Waals surface area contributed by atoms with Gasteiger partial charge in [0, 0.05) is 0 Å². The van der Waals surface area contributed by atoms with Gasteiger partial charge in [-0.25, -0.2) is 0 Å². The minimum absolute atomic E-state index is 0.215. The van der Waals surface area contributed by atoms with Crippen LogP contribution in [-0.2, 0) is 16.1 Å². The van der Waals surface area contributed by atoms with Gasteiger partial charge in [-0.1, -0.05) is 36.4 Å². The summed E-state index contributed by atoms with van der Waals surface area (Å²) in [6.07, 6.45) is 3.44. The third kappa shape index (κ3) is 6.10. The Morgan fingerprint density at radius 2 is 2.11 bits per heavy atom. The van der Waals surface area contributed by atoms with Crippen molar-refractivity contribution in [1.82, 2.24) is 0 Å². The predicted molar refractivity (Wildman–Crippen MR) is 75.2 cm³/mol. The summed E-state index contributed by atoms with van der Waals surface area (Å²) in [6.45, 7) is 6.72. The minimum Gasteiger partial charge on any atom is -0.447 e. The van der Waals surface area contributed by atoms with Gasteiger partial charge in [-0.2, -0.15) is 0 Å². The Balaban J connectivity index is 2.35.